The smallest absolute Gasteiger partial charge is 0.333 e. The van der Waals surface area contributed by atoms with Crippen molar-refractivity contribution < 1.29 is 19.1 Å². The normalized spacial score (nSPS) is 13.2. The zero-order valence-electron chi connectivity index (χ0n) is 14.5. The van der Waals surface area contributed by atoms with Crippen LogP contribution in [0.4, 0.5) is 0 Å². The van der Waals surface area contributed by atoms with Crippen molar-refractivity contribution in [1.82, 2.24) is 9.80 Å². The lowest BCUT2D eigenvalue weighted by atomic mass is 10.2. The maximum absolute atomic E-state index is 11.9. The SMILES string of the molecule is C=C(C)C(=O)OC(C=C(C)C(=O)OCCN(C)C)CN(C)C. The Kier molecular flexibility index (Phi) is 9.37. The number of hydrogen-bond acceptors (Lipinski definition) is 6. The van der Waals surface area contributed by atoms with E-state index < -0.39 is 18.0 Å². The first-order chi connectivity index (χ1) is 10.1. The second-order valence-corrected chi connectivity index (χ2v) is 5.78. The number of hydrogen-bond donors (Lipinski definition) is 0. The standard InChI is InChI=1S/C16H28N2O4/c1-12(2)15(19)22-14(11-18(6)7)10-13(3)16(20)21-9-8-17(4)5/h10,14H,1,8-9,11H2,2-7H3. The molecule has 0 amide bonds. The minimum Gasteiger partial charge on any atom is -0.461 e. The Hall–Kier alpha value is -1.66. The first kappa shape index (κ1) is 20.3. The first-order valence-electron chi connectivity index (χ1n) is 7.15. The largest absolute Gasteiger partial charge is 0.461 e. The molecule has 0 heterocycles. The first-order valence-corrected chi connectivity index (χ1v) is 7.15. The van der Waals surface area contributed by atoms with Crippen LogP contribution < -0.4 is 0 Å². The molecule has 0 aromatic rings. The van der Waals surface area contributed by atoms with E-state index >= 15 is 0 Å². The zero-order chi connectivity index (χ0) is 17.3. The summed E-state index contributed by atoms with van der Waals surface area (Å²) in [7, 11) is 7.53. The van der Waals surface area contributed by atoms with Crippen LogP contribution in [0, 0.1) is 0 Å². The third-order valence-corrected chi connectivity index (χ3v) is 2.68. The third-order valence-electron chi connectivity index (χ3n) is 2.68. The van der Waals surface area contributed by atoms with Gasteiger partial charge in [-0.25, -0.2) is 9.59 Å². The minimum absolute atomic E-state index is 0.320. The molecule has 0 rings (SSSR count). The molecule has 0 saturated heterocycles. The molecule has 0 radical (unpaired) electrons. The fourth-order valence-corrected chi connectivity index (χ4v) is 1.50. The second kappa shape index (κ2) is 10.1. The molecule has 0 aliphatic rings. The summed E-state index contributed by atoms with van der Waals surface area (Å²) in [4.78, 5) is 27.3. The van der Waals surface area contributed by atoms with E-state index in [4.69, 9.17) is 9.47 Å². The van der Waals surface area contributed by atoms with Gasteiger partial charge in [-0.05, 0) is 48.1 Å². The maximum Gasteiger partial charge on any atom is 0.333 e. The van der Waals surface area contributed by atoms with Crippen molar-refractivity contribution in [1.29, 1.82) is 0 Å². The van der Waals surface area contributed by atoms with E-state index in [1.165, 1.54) is 0 Å². The molecule has 6 heteroatoms. The lowest BCUT2D eigenvalue weighted by Crippen LogP contribution is -2.30. The molecule has 22 heavy (non-hydrogen) atoms. The molecular weight excluding hydrogens is 284 g/mol. The quantitative estimate of drug-likeness (QED) is 0.469. The maximum atomic E-state index is 11.9. The summed E-state index contributed by atoms with van der Waals surface area (Å²) in [6.07, 6.45) is 1.08. The van der Waals surface area contributed by atoms with Gasteiger partial charge in [0.05, 0.1) is 0 Å². The number of rotatable bonds is 9. The lowest BCUT2D eigenvalue weighted by Gasteiger charge is -2.19. The van der Waals surface area contributed by atoms with E-state index in [-0.39, 0.29) is 0 Å². The number of ether oxygens (including phenoxy) is 2. The van der Waals surface area contributed by atoms with Gasteiger partial charge >= 0.3 is 11.9 Å². The van der Waals surface area contributed by atoms with Crippen LogP contribution >= 0.6 is 0 Å². The van der Waals surface area contributed by atoms with Gasteiger partial charge in [-0.3, -0.25) is 0 Å². The van der Waals surface area contributed by atoms with Gasteiger partial charge in [-0.1, -0.05) is 6.58 Å². The fourth-order valence-electron chi connectivity index (χ4n) is 1.50. The van der Waals surface area contributed by atoms with E-state index in [1.807, 2.05) is 38.0 Å². The highest BCUT2D eigenvalue weighted by molar-refractivity contribution is 5.89. The van der Waals surface area contributed by atoms with Crippen LogP contribution in [0.15, 0.2) is 23.8 Å². The van der Waals surface area contributed by atoms with E-state index in [9.17, 15) is 9.59 Å². The van der Waals surface area contributed by atoms with Gasteiger partial charge in [0, 0.05) is 24.2 Å². The van der Waals surface area contributed by atoms with Crippen molar-refractivity contribution in [2.24, 2.45) is 0 Å². The van der Waals surface area contributed by atoms with Crippen molar-refractivity contribution in [3.05, 3.63) is 23.8 Å². The van der Waals surface area contributed by atoms with Crippen LogP contribution in [0.1, 0.15) is 13.8 Å². The van der Waals surface area contributed by atoms with E-state index in [1.54, 1.807) is 19.9 Å². The molecule has 1 unspecified atom stereocenters. The molecular formula is C16H28N2O4. The molecule has 0 spiro atoms. The summed E-state index contributed by atoms with van der Waals surface area (Å²) >= 11 is 0. The van der Waals surface area contributed by atoms with Gasteiger partial charge in [-0.15, -0.1) is 0 Å². The monoisotopic (exact) mass is 312 g/mol. The van der Waals surface area contributed by atoms with Gasteiger partial charge in [0.2, 0.25) is 0 Å². The molecule has 6 nitrogen and oxygen atoms in total. The van der Waals surface area contributed by atoms with Crippen molar-refractivity contribution in [3.8, 4) is 0 Å². The fraction of sp³-hybridized carbons (Fsp3) is 0.625. The Morgan fingerprint density at radius 2 is 1.68 bits per heavy atom. The molecule has 0 fully saturated rings. The highest BCUT2D eigenvalue weighted by Crippen LogP contribution is 2.07. The summed E-state index contributed by atoms with van der Waals surface area (Å²) < 4.78 is 10.5. The molecule has 126 valence electrons. The molecule has 0 bridgehead atoms. The number of carbonyl (C=O) groups excluding carboxylic acids is 2. The molecule has 0 aliphatic heterocycles. The Morgan fingerprint density at radius 1 is 1.09 bits per heavy atom. The van der Waals surface area contributed by atoms with Crippen LogP contribution in [0.2, 0.25) is 0 Å². The molecule has 0 N–H and O–H groups in total. The molecule has 1 atom stereocenters. The second-order valence-electron chi connectivity index (χ2n) is 5.78. The minimum atomic E-state index is -0.527. The van der Waals surface area contributed by atoms with E-state index in [2.05, 4.69) is 6.58 Å². The predicted octanol–water partition coefficient (Wildman–Crippen LogP) is 1.09. The molecule has 0 aromatic carbocycles. The Labute approximate surface area is 133 Å². The number of likely N-dealkylation sites (N-methyl/N-ethyl adjacent to an activating group) is 2. The Morgan fingerprint density at radius 3 is 2.14 bits per heavy atom. The average Bonchev–Trinajstić information content (AvgIpc) is 2.36. The van der Waals surface area contributed by atoms with Crippen molar-refractivity contribution >= 4 is 11.9 Å². The highest BCUT2D eigenvalue weighted by atomic mass is 16.5. The summed E-state index contributed by atoms with van der Waals surface area (Å²) in [6.45, 7) is 8.24. The van der Waals surface area contributed by atoms with Crippen LogP contribution in [0.3, 0.4) is 0 Å². The number of esters is 2. The summed E-state index contributed by atoms with van der Waals surface area (Å²) in [5, 5.41) is 0. The van der Waals surface area contributed by atoms with Crippen LogP contribution in [0.25, 0.3) is 0 Å². The summed E-state index contributed by atoms with van der Waals surface area (Å²) in [5.41, 5.74) is 0.739. The Bertz CT molecular complexity index is 428. The summed E-state index contributed by atoms with van der Waals surface area (Å²) in [6, 6.07) is 0. The predicted molar refractivity (Wildman–Crippen MR) is 86.5 cm³/mol. The third kappa shape index (κ3) is 9.31. The molecule has 0 aliphatic carbocycles. The molecule has 0 saturated carbocycles. The van der Waals surface area contributed by atoms with Gasteiger partial charge in [0.25, 0.3) is 0 Å². The topological polar surface area (TPSA) is 59.1 Å². The van der Waals surface area contributed by atoms with Gasteiger partial charge < -0.3 is 19.3 Å². The highest BCUT2D eigenvalue weighted by Gasteiger charge is 2.16. The van der Waals surface area contributed by atoms with Crippen LogP contribution in [-0.4, -0.2) is 75.7 Å². The van der Waals surface area contributed by atoms with Crippen molar-refractivity contribution in [2.75, 3.05) is 47.9 Å². The number of nitrogens with zero attached hydrogens (tertiary/aromatic N) is 2. The van der Waals surface area contributed by atoms with Crippen LogP contribution in [-0.2, 0) is 19.1 Å². The van der Waals surface area contributed by atoms with Gasteiger partial charge in [0.1, 0.15) is 12.7 Å². The van der Waals surface area contributed by atoms with Crippen molar-refractivity contribution in [2.45, 2.75) is 20.0 Å². The number of carbonyl (C=O) groups is 2. The average molecular weight is 312 g/mol. The van der Waals surface area contributed by atoms with Gasteiger partial charge in [0.15, 0.2) is 0 Å². The Balaban J connectivity index is 4.74. The van der Waals surface area contributed by atoms with E-state index in [0.717, 1.165) is 0 Å². The summed E-state index contributed by atoms with van der Waals surface area (Å²) in [5.74, 6) is -0.881. The lowest BCUT2D eigenvalue weighted by molar-refractivity contribution is -0.143. The van der Waals surface area contributed by atoms with Crippen molar-refractivity contribution in [3.63, 3.8) is 0 Å². The zero-order valence-corrected chi connectivity index (χ0v) is 14.5. The molecule has 0 aromatic heterocycles. The van der Waals surface area contributed by atoms with Gasteiger partial charge in [-0.2, -0.15) is 0 Å². The van der Waals surface area contributed by atoms with Crippen LogP contribution in [0.5, 0.6) is 0 Å². The van der Waals surface area contributed by atoms with E-state index in [0.29, 0.717) is 30.8 Å².